The third kappa shape index (κ3) is 3.57. The van der Waals surface area contributed by atoms with Gasteiger partial charge < -0.3 is 18.9 Å². The van der Waals surface area contributed by atoms with Crippen LogP contribution in [0.4, 0.5) is 5.69 Å². The van der Waals surface area contributed by atoms with Crippen molar-refractivity contribution < 1.29 is 13.6 Å². The van der Waals surface area contributed by atoms with Crippen LogP contribution in [-0.2, 0) is 13.6 Å². The van der Waals surface area contributed by atoms with Crippen molar-refractivity contribution in [1.82, 2.24) is 14.4 Å². The number of piperidine rings is 1. The lowest BCUT2D eigenvalue weighted by Gasteiger charge is -2.28. The first kappa shape index (κ1) is 20.8. The summed E-state index contributed by atoms with van der Waals surface area (Å²) in [6, 6.07) is 10.2. The summed E-state index contributed by atoms with van der Waals surface area (Å²) in [5, 5.41) is 9.86. The Kier molecular flexibility index (Phi) is 5.76. The second kappa shape index (κ2) is 8.32. The van der Waals surface area contributed by atoms with Gasteiger partial charge in [0.1, 0.15) is 22.7 Å². The van der Waals surface area contributed by atoms with Crippen LogP contribution in [-0.4, -0.2) is 41.7 Å². The summed E-state index contributed by atoms with van der Waals surface area (Å²) in [6.07, 6.45) is 5.19. The van der Waals surface area contributed by atoms with Crippen molar-refractivity contribution in [1.29, 1.82) is 5.26 Å². The molecule has 1 saturated heterocycles. The molecule has 0 saturated carbocycles. The molecule has 156 valence electrons. The van der Waals surface area contributed by atoms with Gasteiger partial charge in [0.05, 0.1) is 5.69 Å². The van der Waals surface area contributed by atoms with Gasteiger partial charge in [-0.25, -0.2) is 4.98 Å². The van der Waals surface area contributed by atoms with Crippen LogP contribution in [0.1, 0.15) is 24.8 Å². The van der Waals surface area contributed by atoms with Gasteiger partial charge in [0.25, 0.3) is 0 Å². The Morgan fingerprint density at radius 2 is 1.83 bits per heavy atom. The molecule has 0 radical (unpaired) electrons. The summed E-state index contributed by atoms with van der Waals surface area (Å²) in [4.78, 5) is 9.83. The van der Waals surface area contributed by atoms with Crippen LogP contribution in [0, 0.1) is 16.1 Å². The highest BCUT2D eigenvalue weighted by molar-refractivity contribution is 7.71. The van der Waals surface area contributed by atoms with E-state index in [0.717, 1.165) is 24.3 Å². The number of anilines is 1. The number of H-pyrrole nitrogens is 1. The zero-order valence-corrected chi connectivity index (χ0v) is 18.5. The average Bonchev–Trinajstić information content (AvgIpc) is 3.26. The molecule has 1 aliphatic rings. The summed E-state index contributed by atoms with van der Waals surface area (Å²) < 4.78 is 24.6. The summed E-state index contributed by atoms with van der Waals surface area (Å²) in [7, 11) is -0.932. The molecular formula is C20H22N5O3PS. The fourth-order valence-corrected chi connectivity index (χ4v) is 5.04. The Morgan fingerprint density at radius 1 is 1.17 bits per heavy atom. The van der Waals surface area contributed by atoms with E-state index in [1.54, 1.807) is 0 Å². The molecule has 4 rings (SSSR count). The molecule has 3 heterocycles. The topological polar surface area (TPSA) is 95.7 Å². The van der Waals surface area contributed by atoms with Crippen molar-refractivity contribution in [2.75, 3.05) is 32.2 Å². The third-order valence-electron chi connectivity index (χ3n) is 5.38. The fourth-order valence-electron chi connectivity index (χ4n) is 3.76. The van der Waals surface area contributed by atoms with Gasteiger partial charge in [-0.1, -0.05) is 12.1 Å². The number of imidazole rings is 1. The number of rotatable bonds is 5. The van der Waals surface area contributed by atoms with Gasteiger partial charge in [-0.2, -0.15) is 5.26 Å². The quantitative estimate of drug-likeness (QED) is 0.470. The molecule has 1 aromatic carbocycles. The highest BCUT2D eigenvalue weighted by Crippen LogP contribution is 2.44. The van der Waals surface area contributed by atoms with Crippen molar-refractivity contribution >= 4 is 36.6 Å². The Bertz CT molecular complexity index is 1210. The smallest absolute Gasteiger partial charge is 0.372 e. The van der Waals surface area contributed by atoms with Gasteiger partial charge >= 0.3 is 7.60 Å². The number of benzene rings is 1. The van der Waals surface area contributed by atoms with Crippen LogP contribution in [0.3, 0.4) is 0 Å². The third-order valence-corrected chi connectivity index (χ3v) is 7.44. The maximum Gasteiger partial charge on any atom is 0.378 e. The van der Waals surface area contributed by atoms with Crippen molar-refractivity contribution in [3.8, 4) is 17.3 Å². The van der Waals surface area contributed by atoms with E-state index in [9.17, 15) is 9.83 Å². The van der Waals surface area contributed by atoms with Crippen LogP contribution < -0.4 is 10.3 Å². The van der Waals surface area contributed by atoms with Crippen LogP contribution in [0.15, 0.2) is 30.5 Å². The highest BCUT2D eigenvalue weighted by atomic mass is 32.1. The van der Waals surface area contributed by atoms with Gasteiger partial charge in [-0.3, -0.25) is 8.97 Å². The van der Waals surface area contributed by atoms with E-state index in [1.165, 1.54) is 44.1 Å². The van der Waals surface area contributed by atoms with E-state index in [0.29, 0.717) is 16.9 Å². The number of nitriles is 1. The predicted octanol–water partition coefficient (Wildman–Crippen LogP) is 4.03. The van der Waals surface area contributed by atoms with Crippen LogP contribution in [0.25, 0.3) is 16.9 Å². The largest absolute Gasteiger partial charge is 0.378 e. The van der Waals surface area contributed by atoms with Gasteiger partial charge in [-0.05, 0) is 43.6 Å². The number of nitrogens with zero attached hydrogens (tertiary/aromatic N) is 4. The number of aromatic amines is 1. The molecule has 1 aliphatic heterocycles. The maximum absolute atomic E-state index is 12.7. The number of nitrogens with one attached hydrogen (secondary N) is 1. The minimum Gasteiger partial charge on any atom is -0.372 e. The maximum atomic E-state index is 12.7. The minimum absolute atomic E-state index is 0.203. The molecule has 0 spiro atoms. The molecule has 0 atom stereocenters. The monoisotopic (exact) mass is 443 g/mol. The molecule has 0 aliphatic carbocycles. The van der Waals surface area contributed by atoms with E-state index in [1.807, 2.05) is 24.3 Å². The average molecular weight is 443 g/mol. The van der Waals surface area contributed by atoms with Crippen LogP contribution >= 0.6 is 19.8 Å². The molecule has 0 unspecified atom stereocenters. The summed E-state index contributed by atoms with van der Waals surface area (Å²) in [5.74, 6) is 0. The first-order valence-corrected chi connectivity index (χ1v) is 11.6. The summed E-state index contributed by atoms with van der Waals surface area (Å²) >= 11 is 5.43. The Balaban J connectivity index is 1.81. The lowest BCUT2D eigenvalue weighted by Crippen LogP contribution is -2.29. The van der Waals surface area contributed by atoms with Crippen LogP contribution in [0.2, 0.25) is 0 Å². The summed E-state index contributed by atoms with van der Waals surface area (Å²) in [6.45, 7) is 2.12. The van der Waals surface area contributed by atoms with E-state index >= 15 is 0 Å². The van der Waals surface area contributed by atoms with Gasteiger partial charge in [-0.15, -0.1) is 0 Å². The Hall–Kier alpha value is -2.50. The molecule has 3 aromatic rings. The molecule has 1 fully saturated rings. The van der Waals surface area contributed by atoms with E-state index in [2.05, 4.69) is 20.9 Å². The second-order valence-corrected chi connectivity index (χ2v) is 9.62. The fraction of sp³-hybridized carbons (Fsp3) is 0.350. The number of hydrogen-bond acceptors (Lipinski definition) is 7. The van der Waals surface area contributed by atoms with E-state index in [-0.39, 0.29) is 10.2 Å². The zero-order valence-electron chi connectivity index (χ0n) is 16.8. The van der Waals surface area contributed by atoms with E-state index in [4.69, 9.17) is 21.3 Å². The highest BCUT2D eigenvalue weighted by Gasteiger charge is 2.28. The normalized spacial score (nSPS) is 14.8. The number of aromatic nitrogens is 3. The molecule has 0 amide bonds. The Morgan fingerprint density at radius 3 is 2.43 bits per heavy atom. The van der Waals surface area contributed by atoms with Crippen molar-refractivity contribution in [3.05, 3.63) is 40.8 Å². The van der Waals surface area contributed by atoms with Crippen molar-refractivity contribution in [2.24, 2.45) is 0 Å². The van der Waals surface area contributed by atoms with Gasteiger partial charge in [0.2, 0.25) is 4.77 Å². The number of hydrogen-bond donors (Lipinski definition) is 1. The van der Waals surface area contributed by atoms with Gasteiger partial charge in [0.15, 0.2) is 0 Å². The van der Waals surface area contributed by atoms with Crippen molar-refractivity contribution in [3.63, 3.8) is 0 Å². The molecule has 8 nitrogen and oxygen atoms in total. The lowest BCUT2D eigenvalue weighted by atomic mass is 10.1. The van der Waals surface area contributed by atoms with Crippen molar-refractivity contribution in [2.45, 2.75) is 19.3 Å². The molecular weight excluding hydrogens is 421 g/mol. The predicted molar refractivity (Wildman–Crippen MR) is 118 cm³/mol. The summed E-state index contributed by atoms with van der Waals surface area (Å²) in [5.41, 5.74) is 3.34. The standard InChI is InChI=1S/C20H22N5O3PS/c1-27-29(26,28-2)17-13-25-19(22-17)16(12-21)18(23-20(25)30)14-6-8-15(9-7-14)24-10-4-3-5-11-24/h6-9,13,22H,3-5,10-11H2,1-2H3. The SMILES string of the molecule is COP(=O)(OC)c1cn2c(=S)nc(-c3ccc(N4CCCCC4)cc3)c(C#N)c2[nH]1. The molecule has 1 N–H and O–H groups in total. The van der Waals surface area contributed by atoms with E-state index < -0.39 is 7.60 Å². The Labute approximate surface area is 179 Å². The number of fused-ring (bicyclic) bond motifs is 1. The van der Waals surface area contributed by atoms with Gasteiger partial charge in [0, 0.05) is 44.8 Å². The zero-order chi connectivity index (χ0) is 21.3. The lowest BCUT2D eigenvalue weighted by molar-refractivity contribution is 0.286. The molecule has 10 heteroatoms. The van der Waals surface area contributed by atoms with Crippen LogP contribution in [0.5, 0.6) is 0 Å². The first-order chi connectivity index (χ1) is 14.5. The first-order valence-electron chi connectivity index (χ1n) is 9.63. The second-order valence-electron chi connectivity index (χ2n) is 7.04. The minimum atomic E-state index is -3.53. The molecule has 0 bridgehead atoms. The molecule has 30 heavy (non-hydrogen) atoms. The molecule has 2 aromatic heterocycles.